The Labute approximate surface area is 81.0 Å². The highest BCUT2D eigenvalue weighted by atomic mass is 32.1. The molecule has 2 nitrogen and oxygen atoms in total. The van der Waals surface area contributed by atoms with Gasteiger partial charge in [0.15, 0.2) is 0 Å². The highest BCUT2D eigenvalue weighted by molar-refractivity contribution is 7.78. The van der Waals surface area contributed by atoms with Gasteiger partial charge in [-0.05, 0) is 35.8 Å². The summed E-state index contributed by atoms with van der Waals surface area (Å²) >= 11 is 4.53. The van der Waals surface area contributed by atoms with Crippen molar-refractivity contribution in [2.45, 2.75) is 0 Å². The van der Waals surface area contributed by atoms with Gasteiger partial charge in [0.2, 0.25) is 0 Å². The van der Waals surface area contributed by atoms with Crippen molar-refractivity contribution in [3.05, 3.63) is 36.7 Å². The Balaban J connectivity index is 2.68. The number of benzene rings is 1. The number of nitrogens with zero attached hydrogens (tertiary/aromatic N) is 2. The maximum Gasteiger partial charge on any atom is 0.0745 e. The topological polar surface area (TPSA) is 25.2 Å². The SMILES string of the molecule is S=C=Nc1ccc2cnccc2c1. The Kier molecular flexibility index (Phi) is 2.13. The lowest BCUT2D eigenvalue weighted by Gasteiger charge is -1.96. The molecule has 0 bridgehead atoms. The molecule has 0 unspecified atom stereocenters. The molecule has 0 saturated heterocycles. The van der Waals surface area contributed by atoms with E-state index in [1.165, 1.54) is 0 Å². The standard InChI is InChI=1S/C10H6N2S/c13-7-12-10-2-1-9-6-11-4-3-8(9)5-10/h1-6H. The summed E-state index contributed by atoms with van der Waals surface area (Å²) in [5, 5.41) is 4.56. The van der Waals surface area contributed by atoms with E-state index in [-0.39, 0.29) is 0 Å². The molecule has 1 heterocycles. The van der Waals surface area contributed by atoms with Crippen LogP contribution in [0.2, 0.25) is 0 Å². The molecular formula is C10H6N2S. The third kappa shape index (κ3) is 1.61. The second kappa shape index (κ2) is 3.44. The van der Waals surface area contributed by atoms with Crippen LogP contribution in [0.25, 0.3) is 10.8 Å². The van der Waals surface area contributed by atoms with Gasteiger partial charge in [-0.1, -0.05) is 6.07 Å². The predicted octanol–water partition coefficient (Wildman–Crippen LogP) is 2.97. The van der Waals surface area contributed by atoms with E-state index in [1.807, 2.05) is 30.5 Å². The Bertz CT molecular complexity index is 487. The van der Waals surface area contributed by atoms with E-state index in [4.69, 9.17) is 0 Å². The summed E-state index contributed by atoms with van der Waals surface area (Å²) in [4.78, 5) is 7.92. The number of fused-ring (bicyclic) bond motifs is 1. The molecule has 0 saturated carbocycles. The summed E-state index contributed by atoms with van der Waals surface area (Å²) in [6, 6.07) is 7.76. The highest BCUT2D eigenvalue weighted by Gasteiger charge is 1.93. The van der Waals surface area contributed by atoms with Gasteiger partial charge < -0.3 is 0 Å². The molecule has 2 rings (SSSR count). The third-order valence-electron chi connectivity index (χ3n) is 1.80. The minimum absolute atomic E-state index is 0.828. The zero-order chi connectivity index (χ0) is 9.10. The van der Waals surface area contributed by atoms with Crippen molar-refractivity contribution in [3.63, 3.8) is 0 Å². The van der Waals surface area contributed by atoms with E-state index in [0.29, 0.717) is 0 Å². The van der Waals surface area contributed by atoms with Crippen molar-refractivity contribution in [1.29, 1.82) is 0 Å². The summed E-state index contributed by atoms with van der Waals surface area (Å²) < 4.78 is 0. The van der Waals surface area contributed by atoms with E-state index in [2.05, 4.69) is 27.4 Å². The first kappa shape index (κ1) is 8.05. The Hall–Kier alpha value is -1.57. The molecule has 1 aromatic heterocycles. The van der Waals surface area contributed by atoms with Crippen molar-refractivity contribution >= 4 is 33.8 Å². The number of hydrogen-bond acceptors (Lipinski definition) is 3. The maximum atomic E-state index is 4.53. The summed E-state index contributed by atoms with van der Waals surface area (Å²) in [6.45, 7) is 0. The van der Waals surface area contributed by atoms with Gasteiger partial charge in [0, 0.05) is 17.8 Å². The molecule has 0 radical (unpaired) electrons. The van der Waals surface area contributed by atoms with E-state index >= 15 is 0 Å². The van der Waals surface area contributed by atoms with Crippen LogP contribution >= 0.6 is 12.2 Å². The molecule has 3 heteroatoms. The van der Waals surface area contributed by atoms with E-state index in [1.54, 1.807) is 6.20 Å². The Morgan fingerprint density at radius 2 is 2.15 bits per heavy atom. The van der Waals surface area contributed by atoms with E-state index < -0.39 is 0 Å². The fraction of sp³-hybridized carbons (Fsp3) is 0. The van der Waals surface area contributed by atoms with Gasteiger partial charge in [0.25, 0.3) is 0 Å². The molecule has 13 heavy (non-hydrogen) atoms. The zero-order valence-electron chi connectivity index (χ0n) is 6.77. The first-order valence-corrected chi connectivity index (χ1v) is 4.22. The molecular weight excluding hydrogens is 180 g/mol. The molecule has 0 aliphatic heterocycles. The number of aliphatic imine (C=N–C) groups is 1. The van der Waals surface area contributed by atoms with Gasteiger partial charge in [-0.15, -0.1) is 0 Å². The number of hydrogen-bond donors (Lipinski definition) is 0. The van der Waals surface area contributed by atoms with Crippen molar-refractivity contribution in [2.24, 2.45) is 4.99 Å². The van der Waals surface area contributed by atoms with Crippen LogP contribution in [0, 0.1) is 0 Å². The van der Waals surface area contributed by atoms with Gasteiger partial charge in [0.05, 0.1) is 10.8 Å². The first-order valence-electron chi connectivity index (χ1n) is 3.82. The van der Waals surface area contributed by atoms with Gasteiger partial charge in [0.1, 0.15) is 0 Å². The molecule has 62 valence electrons. The summed E-state index contributed by atoms with van der Waals surface area (Å²) in [6.07, 6.45) is 3.58. The largest absolute Gasteiger partial charge is 0.264 e. The van der Waals surface area contributed by atoms with Gasteiger partial charge in [-0.2, -0.15) is 4.99 Å². The molecule has 0 spiro atoms. The quantitative estimate of drug-likeness (QED) is 0.505. The molecule has 0 aliphatic carbocycles. The van der Waals surface area contributed by atoms with E-state index in [9.17, 15) is 0 Å². The molecule has 0 aliphatic rings. The Morgan fingerprint density at radius 3 is 3.00 bits per heavy atom. The molecule has 1 aromatic carbocycles. The van der Waals surface area contributed by atoms with Crippen LogP contribution in [0.3, 0.4) is 0 Å². The van der Waals surface area contributed by atoms with E-state index in [0.717, 1.165) is 16.5 Å². The molecule has 0 atom stereocenters. The minimum Gasteiger partial charge on any atom is -0.264 e. The maximum absolute atomic E-state index is 4.53. The van der Waals surface area contributed by atoms with Crippen LogP contribution in [0.4, 0.5) is 5.69 Å². The van der Waals surface area contributed by atoms with Crippen LogP contribution in [0.5, 0.6) is 0 Å². The number of thiocarbonyl (C=S) groups is 1. The van der Waals surface area contributed by atoms with Crippen molar-refractivity contribution in [2.75, 3.05) is 0 Å². The lowest BCUT2D eigenvalue weighted by molar-refractivity contribution is 1.36. The minimum atomic E-state index is 0.828. The summed E-state index contributed by atoms with van der Waals surface area (Å²) in [5.74, 6) is 0. The average molecular weight is 186 g/mol. The van der Waals surface area contributed by atoms with Crippen molar-refractivity contribution in [1.82, 2.24) is 4.98 Å². The van der Waals surface area contributed by atoms with Gasteiger partial charge in [-0.3, -0.25) is 4.98 Å². The molecule has 0 fully saturated rings. The molecule has 0 amide bonds. The second-order valence-corrected chi connectivity index (χ2v) is 2.79. The van der Waals surface area contributed by atoms with Crippen molar-refractivity contribution < 1.29 is 0 Å². The number of rotatable bonds is 1. The monoisotopic (exact) mass is 186 g/mol. The summed E-state index contributed by atoms with van der Waals surface area (Å²) in [7, 11) is 0. The number of aromatic nitrogens is 1. The number of pyridine rings is 1. The first-order chi connectivity index (χ1) is 6.40. The fourth-order valence-corrected chi connectivity index (χ4v) is 1.30. The fourth-order valence-electron chi connectivity index (χ4n) is 1.19. The summed E-state index contributed by atoms with van der Waals surface area (Å²) in [5.41, 5.74) is 0.828. The highest BCUT2D eigenvalue weighted by Crippen LogP contribution is 2.19. The smallest absolute Gasteiger partial charge is 0.0745 e. The lowest BCUT2D eigenvalue weighted by Crippen LogP contribution is -1.73. The van der Waals surface area contributed by atoms with Crippen molar-refractivity contribution in [3.8, 4) is 0 Å². The van der Waals surface area contributed by atoms with Gasteiger partial charge >= 0.3 is 0 Å². The van der Waals surface area contributed by atoms with Crippen LogP contribution in [0.1, 0.15) is 0 Å². The number of isothiocyanates is 1. The third-order valence-corrected chi connectivity index (χ3v) is 1.89. The average Bonchev–Trinajstić information content (AvgIpc) is 2.18. The van der Waals surface area contributed by atoms with Crippen LogP contribution in [0.15, 0.2) is 41.7 Å². The van der Waals surface area contributed by atoms with Crippen LogP contribution < -0.4 is 0 Å². The lowest BCUT2D eigenvalue weighted by atomic mass is 10.1. The van der Waals surface area contributed by atoms with Crippen LogP contribution in [-0.2, 0) is 0 Å². The Morgan fingerprint density at radius 1 is 1.23 bits per heavy atom. The second-order valence-electron chi connectivity index (χ2n) is 2.61. The normalized spacial score (nSPS) is 9.54. The molecule has 0 N–H and O–H groups in total. The zero-order valence-corrected chi connectivity index (χ0v) is 7.58. The van der Waals surface area contributed by atoms with Gasteiger partial charge in [-0.25, -0.2) is 0 Å². The predicted molar refractivity (Wildman–Crippen MR) is 56.4 cm³/mol. The molecule has 2 aromatic rings. The van der Waals surface area contributed by atoms with Crippen LogP contribution in [-0.4, -0.2) is 10.1 Å².